The maximum Gasteiger partial charge on any atom is 0.356 e. The maximum absolute atomic E-state index is 11.5. The maximum atomic E-state index is 11.5. The van der Waals surface area contributed by atoms with Gasteiger partial charge in [-0.1, -0.05) is 31.9 Å². The lowest BCUT2D eigenvalue weighted by molar-refractivity contribution is -0.135. The second-order valence-electron chi connectivity index (χ2n) is 2.64. The van der Waals surface area contributed by atoms with Crippen molar-refractivity contribution in [2.45, 2.75) is 11.7 Å². The van der Waals surface area contributed by atoms with Crippen molar-refractivity contribution in [3.8, 4) is 0 Å². The summed E-state index contributed by atoms with van der Waals surface area (Å²) in [6, 6.07) is 0. The summed E-state index contributed by atoms with van der Waals surface area (Å²) >= 11 is 8.15. The molecule has 0 aromatic rings. The zero-order valence-corrected chi connectivity index (χ0v) is 11.5. The van der Waals surface area contributed by atoms with Gasteiger partial charge in [-0.25, -0.2) is 4.79 Å². The molecule has 80 valence electrons. The summed E-state index contributed by atoms with van der Waals surface area (Å²) in [5.74, 6) is -0.357. The van der Waals surface area contributed by atoms with E-state index in [1.165, 1.54) is 11.9 Å². The van der Waals surface area contributed by atoms with Crippen molar-refractivity contribution in [2.24, 2.45) is 5.10 Å². The average molecular weight is 346 g/mol. The van der Waals surface area contributed by atoms with Gasteiger partial charge in [0.25, 0.3) is 0 Å². The number of halogens is 2. The highest BCUT2D eigenvalue weighted by molar-refractivity contribution is 9.10. The van der Waals surface area contributed by atoms with Crippen molar-refractivity contribution in [2.75, 3.05) is 17.3 Å². The number of carbonyl (C=O) groups is 1. The fraction of sp³-hybridized carbons (Fsp3) is 0.714. The third-order valence-electron chi connectivity index (χ3n) is 1.73. The van der Waals surface area contributed by atoms with Crippen molar-refractivity contribution >= 4 is 55.5 Å². The lowest BCUT2D eigenvalue weighted by Crippen LogP contribution is -2.42. The van der Waals surface area contributed by atoms with Crippen molar-refractivity contribution in [3.63, 3.8) is 0 Å². The monoisotopic (exact) mass is 344 g/mol. The Hall–Kier alpha value is 0.250. The molecule has 1 N–H and O–H groups in total. The highest BCUT2D eigenvalue weighted by Gasteiger charge is 2.44. The van der Waals surface area contributed by atoms with Gasteiger partial charge in [-0.2, -0.15) is 5.10 Å². The van der Waals surface area contributed by atoms with E-state index in [1.54, 1.807) is 6.92 Å². The first-order chi connectivity index (χ1) is 6.70. The molecule has 0 unspecified atom stereocenters. The number of nitrogens with zero attached hydrogens (tertiary/aromatic N) is 1. The zero-order valence-electron chi connectivity index (χ0n) is 7.55. The molecule has 0 saturated carbocycles. The third kappa shape index (κ3) is 2.25. The molecule has 0 bridgehead atoms. The highest BCUT2D eigenvalue weighted by Crippen LogP contribution is 2.33. The number of alkyl halides is 2. The van der Waals surface area contributed by atoms with Crippen LogP contribution in [0.15, 0.2) is 5.10 Å². The molecule has 0 aromatic carbocycles. The highest BCUT2D eigenvalue weighted by atomic mass is 79.9. The fourth-order valence-electron chi connectivity index (χ4n) is 0.954. The summed E-state index contributed by atoms with van der Waals surface area (Å²) in [5, 5.41) is 5.22. The number of hydrogen-bond acceptors (Lipinski definition) is 5. The summed E-state index contributed by atoms with van der Waals surface area (Å²) in [4.78, 5) is 14.3. The van der Waals surface area contributed by atoms with Crippen LogP contribution in [-0.2, 0) is 9.53 Å². The Kier molecular flexibility index (Phi) is 4.72. The van der Waals surface area contributed by atoms with Crippen LogP contribution in [-0.4, -0.2) is 33.7 Å². The quantitative estimate of drug-likeness (QED) is 0.478. The Morgan fingerprint density at radius 3 is 2.79 bits per heavy atom. The number of ether oxygens (including phenoxy) is 1. The number of esters is 1. The number of nitrogens with one attached hydrogen (secondary N) is 1. The van der Waals surface area contributed by atoms with Crippen molar-refractivity contribution < 1.29 is 9.53 Å². The van der Waals surface area contributed by atoms with E-state index in [4.69, 9.17) is 4.74 Å². The lowest BCUT2D eigenvalue weighted by Gasteiger charge is -2.21. The molecule has 0 radical (unpaired) electrons. The second-order valence-corrected chi connectivity index (χ2v) is 4.93. The normalized spacial score (nSPS) is 18.6. The van der Waals surface area contributed by atoms with Gasteiger partial charge in [0.2, 0.25) is 0 Å². The van der Waals surface area contributed by atoms with E-state index < -0.39 is 0 Å². The Balaban J connectivity index is 2.81. The van der Waals surface area contributed by atoms with Crippen molar-refractivity contribution in [1.82, 2.24) is 4.83 Å². The van der Waals surface area contributed by atoms with E-state index in [9.17, 15) is 4.79 Å². The molecule has 14 heavy (non-hydrogen) atoms. The number of rotatable bonds is 4. The van der Waals surface area contributed by atoms with Crippen LogP contribution in [0.1, 0.15) is 6.92 Å². The van der Waals surface area contributed by atoms with Gasteiger partial charge in [0.1, 0.15) is 4.75 Å². The standard InChI is InChI=1S/C7H10Br2N2O2S/c1-2-13-6(12)5-7(3-8,4-9)14-11-10-5/h11H,2-4H2,1H3. The van der Waals surface area contributed by atoms with Crippen LogP contribution in [0.5, 0.6) is 0 Å². The summed E-state index contributed by atoms with van der Waals surface area (Å²) in [7, 11) is 0. The molecule has 1 rings (SSSR count). The van der Waals surface area contributed by atoms with E-state index in [0.29, 0.717) is 23.0 Å². The lowest BCUT2D eigenvalue weighted by atomic mass is 10.1. The summed E-state index contributed by atoms with van der Waals surface area (Å²) in [6.45, 7) is 2.14. The van der Waals surface area contributed by atoms with Gasteiger partial charge in [-0.05, 0) is 18.9 Å². The van der Waals surface area contributed by atoms with Crippen molar-refractivity contribution in [1.29, 1.82) is 0 Å². The van der Waals surface area contributed by atoms with E-state index in [0.717, 1.165) is 0 Å². The number of carbonyl (C=O) groups excluding carboxylic acids is 1. The number of hydrazone groups is 1. The smallest absolute Gasteiger partial charge is 0.356 e. The van der Waals surface area contributed by atoms with Gasteiger partial charge in [-0.3, -0.25) is 4.83 Å². The van der Waals surface area contributed by atoms with Crippen LogP contribution in [0.3, 0.4) is 0 Å². The van der Waals surface area contributed by atoms with Gasteiger partial charge in [0.05, 0.1) is 6.61 Å². The topological polar surface area (TPSA) is 50.7 Å². The summed E-state index contributed by atoms with van der Waals surface area (Å²) in [6.07, 6.45) is 0. The minimum absolute atomic E-state index is 0.357. The molecule has 7 heteroatoms. The molecule has 0 aromatic heterocycles. The molecular weight excluding hydrogens is 336 g/mol. The molecule has 0 fully saturated rings. The molecule has 0 atom stereocenters. The van der Waals surface area contributed by atoms with Gasteiger partial charge in [0, 0.05) is 10.7 Å². The van der Waals surface area contributed by atoms with Crippen LogP contribution >= 0.6 is 43.8 Å². The van der Waals surface area contributed by atoms with E-state index in [-0.39, 0.29) is 10.7 Å². The Bertz CT molecular complexity index is 256. The Morgan fingerprint density at radius 1 is 1.64 bits per heavy atom. The summed E-state index contributed by atoms with van der Waals surface area (Å²) < 4.78 is 4.55. The van der Waals surface area contributed by atoms with Gasteiger partial charge in [-0.15, -0.1) is 0 Å². The first kappa shape index (κ1) is 12.3. The van der Waals surface area contributed by atoms with Crippen LogP contribution in [0, 0.1) is 0 Å². The Morgan fingerprint density at radius 2 is 2.29 bits per heavy atom. The predicted molar refractivity (Wildman–Crippen MR) is 65.1 cm³/mol. The molecule has 0 aliphatic carbocycles. The molecule has 1 aliphatic heterocycles. The third-order valence-corrected chi connectivity index (χ3v) is 5.44. The number of hydrogen-bond donors (Lipinski definition) is 1. The van der Waals surface area contributed by atoms with Crippen LogP contribution in [0.4, 0.5) is 0 Å². The zero-order chi connectivity index (χ0) is 10.6. The average Bonchev–Trinajstić information content (AvgIpc) is 2.62. The van der Waals surface area contributed by atoms with E-state index >= 15 is 0 Å². The molecule has 1 heterocycles. The Labute approximate surface area is 104 Å². The first-order valence-electron chi connectivity index (χ1n) is 4.00. The second kappa shape index (κ2) is 5.37. The minimum Gasteiger partial charge on any atom is -0.461 e. The van der Waals surface area contributed by atoms with Gasteiger partial charge >= 0.3 is 5.97 Å². The van der Waals surface area contributed by atoms with Gasteiger partial charge in [0.15, 0.2) is 5.71 Å². The molecule has 0 spiro atoms. The SMILES string of the molecule is CCOC(=O)C1=NNSC1(CBr)CBr. The molecule has 4 nitrogen and oxygen atoms in total. The molecular formula is C7H10Br2N2O2S. The minimum atomic E-state index is -0.369. The van der Waals surface area contributed by atoms with Crippen LogP contribution in [0.25, 0.3) is 0 Å². The molecule has 0 amide bonds. The van der Waals surface area contributed by atoms with E-state index in [2.05, 4.69) is 41.8 Å². The molecule has 0 saturated heterocycles. The molecule has 1 aliphatic rings. The van der Waals surface area contributed by atoms with Gasteiger partial charge < -0.3 is 4.74 Å². The van der Waals surface area contributed by atoms with Crippen LogP contribution in [0.2, 0.25) is 0 Å². The fourth-order valence-corrected chi connectivity index (χ4v) is 3.75. The van der Waals surface area contributed by atoms with E-state index in [1.807, 2.05) is 0 Å². The summed E-state index contributed by atoms with van der Waals surface area (Å²) in [5.41, 5.74) is 0.429. The predicted octanol–water partition coefficient (Wildman–Crippen LogP) is 1.69. The first-order valence-corrected chi connectivity index (χ1v) is 7.06. The van der Waals surface area contributed by atoms with Crippen LogP contribution < -0.4 is 4.83 Å². The largest absolute Gasteiger partial charge is 0.461 e. The van der Waals surface area contributed by atoms with Crippen molar-refractivity contribution in [3.05, 3.63) is 0 Å².